The third kappa shape index (κ3) is 1.20. The summed E-state index contributed by atoms with van der Waals surface area (Å²) in [6.45, 7) is 0. The maximum atomic E-state index is 11.1. The van der Waals surface area contributed by atoms with E-state index >= 15 is 0 Å². The standard InChI is InChI=1S/C11H8N2O3/c12-13-9-6-5-7-3-1-2-4-8(7)11(9,16)10(14)15/h1-6,16H,(H,14,15). The number of nitrogens with zero attached hydrogens (tertiary/aromatic N) is 2. The highest BCUT2D eigenvalue weighted by molar-refractivity contribution is 6.16. The van der Waals surface area contributed by atoms with Crippen LogP contribution >= 0.6 is 0 Å². The SMILES string of the molecule is [N-]=[N+]=C1C=Cc2ccccc2C1(O)C(=O)O. The summed E-state index contributed by atoms with van der Waals surface area (Å²) in [6.07, 6.45) is 2.86. The van der Waals surface area contributed by atoms with Crippen molar-refractivity contribution in [1.29, 1.82) is 0 Å². The Labute approximate surface area is 90.9 Å². The van der Waals surface area contributed by atoms with Crippen molar-refractivity contribution in [1.82, 2.24) is 0 Å². The molecule has 1 aromatic rings. The smallest absolute Gasteiger partial charge is 0.353 e. The first-order valence-electron chi connectivity index (χ1n) is 4.56. The zero-order valence-corrected chi connectivity index (χ0v) is 8.16. The predicted molar refractivity (Wildman–Crippen MR) is 55.6 cm³/mol. The lowest BCUT2D eigenvalue weighted by Crippen LogP contribution is -2.45. The van der Waals surface area contributed by atoms with Crippen LogP contribution in [-0.4, -0.2) is 26.7 Å². The van der Waals surface area contributed by atoms with Crippen LogP contribution in [0.15, 0.2) is 30.3 Å². The average Bonchev–Trinajstić information content (AvgIpc) is 2.29. The van der Waals surface area contributed by atoms with Crippen LogP contribution in [0.5, 0.6) is 0 Å². The minimum Gasteiger partial charge on any atom is -0.478 e. The van der Waals surface area contributed by atoms with Crippen LogP contribution in [-0.2, 0) is 10.4 Å². The molecule has 1 aromatic carbocycles. The monoisotopic (exact) mass is 216 g/mol. The zero-order valence-electron chi connectivity index (χ0n) is 8.16. The molecule has 0 aliphatic heterocycles. The third-order valence-corrected chi connectivity index (χ3v) is 2.56. The second-order valence-corrected chi connectivity index (χ2v) is 3.42. The first kappa shape index (κ1) is 10.3. The number of hydrogen-bond donors (Lipinski definition) is 2. The van der Waals surface area contributed by atoms with E-state index in [4.69, 9.17) is 10.6 Å². The van der Waals surface area contributed by atoms with Gasteiger partial charge in [0.2, 0.25) is 0 Å². The summed E-state index contributed by atoms with van der Waals surface area (Å²) in [5, 5.41) is 19.2. The maximum absolute atomic E-state index is 11.1. The number of benzene rings is 1. The van der Waals surface area contributed by atoms with Gasteiger partial charge in [-0.1, -0.05) is 24.3 Å². The molecule has 2 rings (SSSR count). The molecule has 0 amide bonds. The number of carbonyl (C=O) groups is 1. The fourth-order valence-corrected chi connectivity index (χ4v) is 1.73. The molecular formula is C11H8N2O3. The van der Waals surface area contributed by atoms with Crippen molar-refractivity contribution < 1.29 is 19.8 Å². The molecular weight excluding hydrogens is 208 g/mol. The van der Waals surface area contributed by atoms with Gasteiger partial charge in [0.05, 0.1) is 0 Å². The number of fused-ring (bicyclic) bond motifs is 1. The van der Waals surface area contributed by atoms with Crippen LogP contribution in [0.1, 0.15) is 11.1 Å². The van der Waals surface area contributed by atoms with Crippen LogP contribution in [0.3, 0.4) is 0 Å². The van der Waals surface area contributed by atoms with Gasteiger partial charge in [-0.3, -0.25) is 0 Å². The Bertz CT molecular complexity index is 544. The lowest BCUT2D eigenvalue weighted by Gasteiger charge is -2.22. The number of carboxylic acids is 1. The Balaban J connectivity index is 2.78. The van der Waals surface area contributed by atoms with E-state index in [2.05, 4.69) is 4.79 Å². The minimum absolute atomic E-state index is 0.192. The molecule has 0 saturated heterocycles. The van der Waals surface area contributed by atoms with Crippen LogP contribution in [0.2, 0.25) is 0 Å². The molecule has 0 aromatic heterocycles. The van der Waals surface area contributed by atoms with Gasteiger partial charge in [-0.05, 0) is 11.6 Å². The topological polar surface area (TPSA) is 93.9 Å². The highest BCUT2D eigenvalue weighted by Gasteiger charge is 2.51. The lowest BCUT2D eigenvalue weighted by molar-refractivity contribution is -0.155. The second kappa shape index (κ2) is 3.41. The van der Waals surface area contributed by atoms with Gasteiger partial charge in [-0.15, -0.1) is 0 Å². The summed E-state index contributed by atoms with van der Waals surface area (Å²) in [4.78, 5) is 14.0. The molecule has 0 spiro atoms. The number of hydrogen-bond acceptors (Lipinski definition) is 2. The van der Waals surface area contributed by atoms with Gasteiger partial charge in [-0.2, -0.15) is 4.79 Å². The highest BCUT2D eigenvalue weighted by Crippen LogP contribution is 2.31. The molecule has 0 heterocycles. The van der Waals surface area contributed by atoms with Crippen molar-refractivity contribution in [3.8, 4) is 0 Å². The molecule has 0 bridgehead atoms. The van der Waals surface area contributed by atoms with Crippen LogP contribution in [0, 0.1) is 0 Å². The Morgan fingerprint density at radius 3 is 2.62 bits per heavy atom. The van der Waals surface area contributed by atoms with E-state index in [0.29, 0.717) is 5.56 Å². The van der Waals surface area contributed by atoms with Crippen LogP contribution in [0.4, 0.5) is 0 Å². The van der Waals surface area contributed by atoms with Crippen molar-refractivity contribution in [2.75, 3.05) is 0 Å². The quantitative estimate of drug-likeness (QED) is 0.533. The molecule has 5 heteroatoms. The third-order valence-electron chi connectivity index (χ3n) is 2.56. The molecule has 5 nitrogen and oxygen atoms in total. The molecule has 80 valence electrons. The van der Waals surface area contributed by atoms with Crippen molar-refractivity contribution in [3.05, 3.63) is 47.0 Å². The molecule has 2 N–H and O–H groups in total. The number of aliphatic hydroxyl groups is 1. The van der Waals surface area contributed by atoms with E-state index < -0.39 is 11.6 Å². The summed E-state index contributed by atoms with van der Waals surface area (Å²) in [7, 11) is 0. The Kier molecular flexibility index (Phi) is 2.20. The molecule has 1 aliphatic rings. The average molecular weight is 216 g/mol. The first-order valence-corrected chi connectivity index (χ1v) is 4.56. The van der Waals surface area contributed by atoms with Gasteiger partial charge in [0.15, 0.2) is 0 Å². The molecule has 1 aliphatic carbocycles. The van der Waals surface area contributed by atoms with Gasteiger partial charge in [0.1, 0.15) is 0 Å². The molecule has 16 heavy (non-hydrogen) atoms. The Morgan fingerprint density at radius 2 is 2.00 bits per heavy atom. The van der Waals surface area contributed by atoms with Crippen molar-refractivity contribution >= 4 is 17.8 Å². The largest absolute Gasteiger partial charge is 0.478 e. The fourth-order valence-electron chi connectivity index (χ4n) is 1.73. The van der Waals surface area contributed by atoms with Gasteiger partial charge < -0.3 is 15.7 Å². The summed E-state index contributed by atoms with van der Waals surface area (Å²) < 4.78 is 0. The van der Waals surface area contributed by atoms with E-state index in [1.54, 1.807) is 24.3 Å². The highest BCUT2D eigenvalue weighted by atomic mass is 16.4. The second-order valence-electron chi connectivity index (χ2n) is 3.42. The summed E-state index contributed by atoms with van der Waals surface area (Å²) in [5.74, 6) is -1.47. The molecule has 0 fully saturated rings. The normalized spacial score (nSPS) is 22.4. The molecule has 1 atom stereocenters. The maximum Gasteiger partial charge on any atom is 0.353 e. The minimum atomic E-state index is -2.29. The van der Waals surface area contributed by atoms with Gasteiger partial charge in [0.25, 0.3) is 5.60 Å². The number of rotatable bonds is 1. The zero-order chi connectivity index (χ0) is 11.8. The fraction of sp³-hybridized carbons (Fsp3) is 0.0909. The van der Waals surface area contributed by atoms with E-state index in [0.717, 1.165) is 0 Å². The van der Waals surface area contributed by atoms with Crippen molar-refractivity contribution in [3.63, 3.8) is 0 Å². The lowest BCUT2D eigenvalue weighted by atomic mass is 9.81. The number of carboxylic acid groups (broad SMARTS) is 1. The molecule has 1 unspecified atom stereocenters. The number of aliphatic carboxylic acids is 1. The van der Waals surface area contributed by atoms with E-state index in [1.807, 2.05) is 0 Å². The Hall–Kier alpha value is -2.23. The predicted octanol–water partition coefficient (Wildman–Crippen LogP) is 0.656. The summed E-state index contributed by atoms with van der Waals surface area (Å²) >= 11 is 0. The van der Waals surface area contributed by atoms with E-state index in [1.165, 1.54) is 12.1 Å². The van der Waals surface area contributed by atoms with Crippen LogP contribution < -0.4 is 0 Å². The van der Waals surface area contributed by atoms with Crippen LogP contribution in [0.25, 0.3) is 11.6 Å². The Morgan fingerprint density at radius 1 is 1.31 bits per heavy atom. The van der Waals surface area contributed by atoms with Gasteiger partial charge in [0, 0.05) is 11.6 Å². The summed E-state index contributed by atoms with van der Waals surface area (Å²) in [5.41, 5.74) is 6.89. The van der Waals surface area contributed by atoms with Gasteiger partial charge in [-0.25, -0.2) is 4.79 Å². The van der Waals surface area contributed by atoms with E-state index in [9.17, 15) is 9.90 Å². The van der Waals surface area contributed by atoms with E-state index in [-0.39, 0.29) is 11.3 Å². The molecule has 0 radical (unpaired) electrons. The van der Waals surface area contributed by atoms with Crippen molar-refractivity contribution in [2.24, 2.45) is 0 Å². The molecule has 0 saturated carbocycles. The first-order chi connectivity index (χ1) is 7.60. The van der Waals surface area contributed by atoms with Crippen molar-refractivity contribution in [2.45, 2.75) is 5.60 Å². The van der Waals surface area contributed by atoms with Gasteiger partial charge >= 0.3 is 11.7 Å². The summed E-state index contributed by atoms with van der Waals surface area (Å²) in [6, 6.07) is 6.50.